The zero-order valence-corrected chi connectivity index (χ0v) is 18.8. The molecule has 0 bridgehead atoms. The Morgan fingerprint density at radius 2 is 1.34 bits per heavy atom. The fraction of sp³-hybridized carbons (Fsp3) is 0.222. The van der Waals surface area contributed by atoms with Crippen LogP contribution in [-0.4, -0.2) is 27.7 Å². The lowest BCUT2D eigenvalue weighted by Gasteiger charge is -2.32. The summed E-state index contributed by atoms with van der Waals surface area (Å²) >= 11 is 0. The molecule has 0 saturated carbocycles. The average Bonchev–Trinajstić information content (AvgIpc) is 3.27. The van der Waals surface area contributed by atoms with E-state index in [-0.39, 0.29) is 18.3 Å². The molecule has 1 aliphatic heterocycles. The molecule has 5 heteroatoms. The monoisotopic (exact) mass is 420 g/mol. The Morgan fingerprint density at radius 3 is 2.06 bits per heavy atom. The van der Waals surface area contributed by atoms with E-state index >= 15 is 0 Å². The summed E-state index contributed by atoms with van der Waals surface area (Å²) in [4.78, 5) is 5.06. The normalized spacial score (nSPS) is 17.6. The molecular formula is C27H25BN2O2. The van der Waals surface area contributed by atoms with Crippen LogP contribution in [0.2, 0.25) is 0 Å². The van der Waals surface area contributed by atoms with Crippen LogP contribution in [0.5, 0.6) is 0 Å². The molecule has 6 rings (SSSR count). The van der Waals surface area contributed by atoms with Gasteiger partial charge in [-0.1, -0.05) is 54.6 Å². The van der Waals surface area contributed by atoms with Crippen LogP contribution < -0.4 is 5.46 Å². The number of para-hydroxylation sites is 3. The van der Waals surface area contributed by atoms with Gasteiger partial charge in [0.1, 0.15) is 0 Å². The fourth-order valence-corrected chi connectivity index (χ4v) is 4.50. The maximum atomic E-state index is 6.22. The van der Waals surface area contributed by atoms with Crippen molar-refractivity contribution in [3.63, 3.8) is 0 Å². The van der Waals surface area contributed by atoms with Gasteiger partial charge < -0.3 is 13.7 Å². The molecule has 1 fully saturated rings. The predicted molar refractivity (Wildman–Crippen MR) is 131 cm³/mol. The third-order valence-corrected chi connectivity index (χ3v) is 7.02. The Hall–Kier alpha value is -3.15. The van der Waals surface area contributed by atoms with E-state index in [4.69, 9.17) is 14.3 Å². The molecule has 5 aromatic rings. The Morgan fingerprint density at radius 1 is 0.719 bits per heavy atom. The van der Waals surface area contributed by atoms with Gasteiger partial charge in [-0.3, -0.25) is 0 Å². The van der Waals surface area contributed by atoms with Crippen LogP contribution in [0.3, 0.4) is 0 Å². The summed E-state index contributed by atoms with van der Waals surface area (Å²) in [6.07, 6.45) is 0. The fourth-order valence-electron chi connectivity index (χ4n) is 4.50. The summed E-state index contributed by atoms with van der Waals surface area (Å²) in [5.74, 6) is 0. The van der Waals surface area contributed by atoms with Gasteiger partial charge in [0, 0.05) is 10.9 Å². The second-order valence-electron chi connectivity index (χ2n) is 9.58. The minimum Gasteiger partial charge on any atom is -0.399 e. The molecule has 0 atom stereocenters. The van der Waals surface area contributed by atoms with Gasteiger partial charge >= 0.3 is 7.12 Å². The van der Waals surface area contributed by atoms with Crippen molar-refractivity contribution in [1.82, 2.24) is 9.38 Å². The largest absolute Gasteiger partial charge is 0.494 e. The molecule has 3 heterocycles. The highest BCUT2D eigenvalue weighted by Gasteiger charge is 2.51. The Balaban J connectivity index is 1.50. The van der Waals surface area contributed by atoms with Crippen molar-refractivity contribution in [2.75, 3.05) is 0 Å². The van der Waals surface area contributed by atoms with Gasteiger partial charge in [0.2, 0.25) is 0 Å². The molecule has 0 spiro atoms. The van der Waals surface area contributed by atoms with Crippen molar-refractivity contribution in [3.8, 4) is 11.3 Å². The van der Waals surface area contributed by atoms with Crippen LogP contribution >= 0.6 is 0 Å². The van der Waals surface area contributed by atoms with Crippen LogP contribution in [0, 0.1) is 0 Å². The predicted octanol–water partition coefficient (Wildman–Crippen LogP) is 5.61. The van der Waals surface area contributed by atoms with Gasteiger partial charge in [-0.25, -0.2) is 4.98 Å². The van der Waals surface area contributed by atoms with Crippen LogP contribution in [0.15, 0.2) is 78.9 Å². The number of nitrogens with zero attached hydrogens (tertiary/aromatic N) is 2. The standard InChI is InChI=1S/C27H25BN2O2/c1-26(2)27(3,4)32-28(31-26)20-15-13-18(14-16-20)25-24-17-19-9-5-7-11-22(19)30(24)23-12-8-6-10-21(23)29-25/h5-17H,1-4H3. The second-order valence-corrected chi connectivity index (χ2v) is 9.58. The van der Waals surface area contributed by atoms with Gasteiger partial charge in [-0.2, -0.15) is 0 Å². The van der Waals surface area contributed by atoms with Gasteiger partial charge in [0.05, 0.1) is 39.0 Å². The Kier molecular flexibility index (Phi) is 4.08. The highest BCUT2D eigenvalue weighted by Crippen LogP contribution is 2.37. The van der Waals surface area contributed by atoms with Gasteiger partial charge in [0.15, 0.2) is 0 Å². The number of aromatic nitrogens is 2. The van der Waals surface area contributed by atoms with Crippen LogP contribution in [-0.2, 0) is 9.31 Å². The Labute approximate surface area is 187 Å². The molecule has 0 unspecified atom stereocenters. The molecule has 32 heavy (non-hydrogen) atoms. The minimum atomic E-state index is -0.366. The van der Waals surface area contributed by atoms with E-state index in [1.165, 1.54) is 10.9 Å². The quantitative estimate of drug-likeness (QED) is 0.349. The summed E-state index contributed by atoms with van der Waals surface area (Å²) in [5.41, 5.74) is 6.74. The maximum Gasteiger partial charge on any atom is 0.494 e. The van der Waals surface area contributed by atoms with E-state index in [2.05, 4.69) is 105 Å². The molecular weight excluding hydrogens is 395 g/mol. The lowest BCUT2D eigenvalue weighted by Crippen LogP contribution is -2.41. The van der Waals surface area contributed by atoms with Crippen molar-refractivity contribution in [3.05, 3.63) is 78.9 Å². The number of rotatable bonds is 2. The first-order valence-corrected chi connectivity index (χ1v) is 11.1. The summed E-state index contributed by atoms with van der Waals surface area (Å²) < 4.78 is 14.8. The third-order valence-electron chi connectivity index (χ3n) is 7.02. The smallest absolute Gasteiger partial charge is 0.399 e. The zero-order chi connectivity index (χ0) is 22.1. The Bertz CT molecular complexity index is 1470. The molecule has 1 saturated heterocycles. The molecule has 0 aliphatic carbocycles. The zero-order valence-electron chi connectivity index (χ0n) is 18.8. The van der Waals surface area contributed by atoms with Crippen LogP contribution in [0.1, 0.15) is 27.7 Å². The topological polar surface area (TPSA) is 35.8 Å². The van der Waals surface area contributed by atoms with Gasteiger partial charge in [0.25, 0.3) is 0 Å². The van der Waals surface area contributed by atoms with E-state index in [9.17, 15) is 0 Å². The molecule has 2 aromatic heterocycles. The van der Waals surface area contributed by atoms with E-state index in [0.29, 0.717) is 0 Å². The summed E-state index contributed by atoms with van der Waals surface area (Å²) in [6.45, 7) is 8.31. The lowest BCUT2D eigenvalue weighted by molar-refractivity contribution is 0.00578. The molecule has 0 radical (unpaired) electrons. The van der Waals surface area contributed by atoms with Crippen molar-refractivity contribution in [1.29, 1.82) is 0 Å². The number of fused-ring (bicyclic) bond motifs is 5. The molecule has 0 amide bonds. The van der Waals surface area contributed by atoms with E-state index in [1.807, 2.05) is 6.07 Å². The van der Waals surface area contributed by atoms with Crippen molar-refractivity contribution in [2.45, 2.75) is 38.9 Å². The molecule has 4 nitrogen and oxygen atoms in total. The lowest BCUT2D eigenvalue weighted by atomic mass is 9.79. The number of hydrogen-bond donors (Lipinski definition) is 0. The minimum absolute atomic E-state index is 0.353. The van der Waals surface area contributed by atoms with Crippen molar-refractivity contribution in [2.24, 2.45) is 0 Å². The first kappa shape index (κ1) is 19.5. The van der Waals surface area contributed by atoms with Crippen molar-refractivity contribution < 1.29 is 9.31 Å². The highest BCUT2D eigenvalue weighted by molar-refractivity contribution is 6.62. The third kappa shape index (κ3) is 2.82. The van der Waals surface area contributed by atoms with Gasteiger partial charge in [-0.05, 0) is 57.4 Å². The highest BCUT2D eigenvalue weighted by atomic mass is 16.7. The first-order chi connectivity index (χ1) is 15.3. The average molecular weight is 420 g/mol. The van der Waals surface area contributed by atoms with Crippen molar-refractivity contribution >= 4 is 40.0 Å². The molecule has 158 valence electrons. The number of hydrogen-bond acceptors (Lipinski definition) is 3. The molecule has 3 aromatic carbocycles. The van der Waals surface area contributed by atoms with E-state index in [1.54, 1.807) is 0 Å². The second kappa shape index (κ2) is 6.68. The SMILES string of the molecule is CC1(C)OB(c2ccc(-c3nc4ccccc4n4c3cc3ccccc34)cc2)OC1(C)C. The van der Waals surface area contributed by atoms with Crippen LogP contribution in [0.4, 0.5) is 0 Å². The van der Waals surface area contributed by atoms with E-state index < -0.39 is 0 Å². The van der Waals surface area contributed by atoms with E-state index in [0.717, 1.165) is 33.3 Å². The molecule has 1 aliphatic rings. The maximum absolute atomic E-state index is 6.22. The summed E-state index contributed by atoms with van der Waals surface area (Å²) in [6, 6.07) is 27.5. The summed E-state index contributed by atoms with van der Waals surface area (Å²) in [7, 11) is -0.366. The molecule has 0 N–H and O–H groups in total. The summed E-state index contributed by atoms with van der Waals surface area (Å²) in [5, 5.41) is 1.21. The number of benzene rings is 3. The van der Waals surface area contributed by atoms with Gasteiger partial charge in [-0.15, -0.1) is 0 Å². The first-order valence-electron chi connectivity index (χ1n) is 11.1. The van der Waals surface area contributed by atoms with Crippen LogP contribution in [0.25, 0.3) is 38.7 Å².